The molecule has 1 heterocycles. The third-order valence-corrected chi connectivity index (χ3v) is 4.63. The quantitative estimate of drug-likeness (QED) is 0.867. The Morgan fingerprint density at radius 1 is 1.04 bits per heavy atom. The van der Waals surface area contributed by atoms with Crippen molar-refractivity contribution in [2.24, 2.45) is 0 Å². The third-order valence-electron chi connectivity index (χ3n) is 4.63. The largest absolute Gasteiger partial charge is 0.350 e. The summed E-state index contributed by atoms with van der Waals surface area (Å²) in [7, 11) is 0. The molecular formula is C21H25N3O2. The van der Waals surface area contributed by atoms with E-state index >= 15 is 0 Å². The first kappa shape index (κ1) is 18.0. The Hall–Kier alpha value is -2.82. The van der Waals surface area contributed by atoms with E-state index < -0.39 is 0 Å². The number of hydrogen-bond donors (Lipinski definition) is 1. The first-order valence-corrected chi connectivity index (χ1v) is 9.01. The lowest BCUT2D eigenvalue weighted by atomic mass is 10.0. The monoisotopic (exact) mass is 351 g/mol. The lowest BCUT2D eigenvalue weighted by molar-refractivity contribution is -0.121. The van der Waals surface area contributed by atoms with Crippen LogP contribution in [0.5, 0.6) is 0 Å². The van der Waals surface area contributed by atoms with Crippen LogP contribution >= 0.6 is 0 Å². The van der Waals surface area contributed by atoms with Gasteiger partial charge in [-0.2, -0.15) is 0 Å². The van der Waals surface area contributed by atoms with E-state index in [1.54, 1.807) is 9.80 Å². The van der Waals surface area contributed by atoms with Crippen molar-refractivity contribution in [2.75, 3.05) is 24.5 Å². The van der Waals surface area contributed by atoms with Crippen molar-refractivity contribution in [3.63, 3.8) is 0 Å². The summed E-state index contributed by atoms with van der Waals surface area (Å²) in [6.07, 6.45) is 0. The van der Waals surface area contributed by atoms with Crippen molar-refractivity contribution in [3.8, 4) is 0 Å². The molecule has 3 rings (SSSR count). The third kappa shape index (κ3) is 4.23. The van der Waals surface area contributed by atoms with Crippen molar-refractivity contribution in [1.29, 1.82) is 0 Å². The number of amides is 3. The molecule has 0 bridgehead atoms. The van der Waals surface area contributed by atoms with Gasteiger partial charge in [-0.3, -0.25) is 9.69 Å². The molecule has 0 unspecified atom stereocenters. The van der Waals surface area contributed by atoms with Crippen molar-refractivity contribution in [1.82, 2.24) is 10.2 Å². The molecule has 0 saturated carbocycles. The minimum Gasteiger partial charge on any atom is -0.350 e. The molecule has 1 fully saturated rings. The van der Waals surface area contributed by atoms with Gasteiger partial charge >= 0.3 is 6.03 Å². The van der Waals surface area contributed by atoms with Gasteiger partial charge in [0.2, 0.25) is 5.91 Å². The molecule has 2 aromatic rings. The topological polar surface area (TPSA) is 52.6 Å². The summed E-state index contributed by atoms with van der Waals surface area (Å²) in [6.45, 7) is 6.02. The van der Waals surface area contributed by atoms with Gasteiger partial charge in [-0.25, -0.2) is 4.79 Å². The molecule has 0 aliphatic carbocycles. The van der Waals surface area contributed by atoms with E-state index in [1.165, 1.54) is 5.56 Å². The summed E-state index contributed by atoms with van der Waals surface area (Å²) in [4.78, 5) is 28.1. The highest BCUT2D eigenvalue weighted by molar-refractivity contribution is 5.96. The zero-order valence-corrected chi connectivity index (χ0v) is 15.3. The van der Waals surface area contributed by atoms with Gasteiger partial charge in [-0.1, -0.05) is 56.3 Å². The maximum absolute atomic E-state index is 12.6. The van der Waals surface area contributed by atoms with Gasteiger partial charge in [-0.15, -0.1) is 0 Å². The number of urea groups is 1. The van der Waals surface area contributed by atoms with Crippen LogP contribution in [-0.4, -0.2) is 36.5 Å². The highest BCUT2D eigenvalue weighted by atomic mass is 16.2. The van der Waals surface area contributed by atoms with Gasteiger partial charge in [0.1, 0.15) is 6.54 Å². The number of benzene rings is 2. The first-order valence-electron chi connectivity index (χ1n) is 9.01. The minimum absolute atomic E-state index is 0.0895. The SMILES string of the molecule is CC(C)c1ccc(N2CCN(CC(=O)NCc3ccccc3)C2=O)cc1. The molecule has 3 amide bonds. The van der Waals surface area contributed by atoms with Crippen molar-refractivity contribution in [3.05, 3.63) is 65.7 Å². The van der Waals surface area contributed by atoms with Gasteiger partial charge in [0.05, 0.1) is 0 Å². The Bertz CT molecular complexity index is 757. The molecule has 0 aromatic heterocycles. The minimum atomic E-state index is -0.140. The molecular weight excluding hydrogens is 326 g/mol. The first-order chi connectivity index (χ1) is 12.5. The Morgan fingerprint density at radius 2 is 1.73 bits per heavy atom. The molecule has 5 nitrogen and oxygen atoms in total. The molecule has 1 aliphatic rings. The van der Waals surface area contributed by atoms with Crippen LogP contribution in [0.1, 0.15) is 30.9 Å². The molecule has 136 valence electrons. The van der Waals surface area contributed by atoms with Crippen LogP contribution in [0.2, 0.25) is 0 Å². The lowest BCUT2D eigenvalue weighted by Gasteiger charge is -2.19. The molecule has 0 radical (unpaired) electrons. The second-order valence-electron chi connectivity index (χ2n) is 6.86. The molecule has 1 saturated heterocycles. The second kappa shape index (κ2) is 8.04. The average molecular weight is 351 g/mol. The number of carbonyl (C=O) groups is 2. The zero-order valence-electron chi connectivity index (χ0n) is 15.3. The van der Waals surface area contributed by atoms with E-state index in [0.29, 0.717) is 25.6 Å². The van der Waals surface area contributed by atoms with Crippen LogP contribution in [0.25, 0.3) is 0 Å². The van der Waals surface area contributed by atoms with Gasteiger partial charge < -0.3 is 10.2 Å². The van der Waals surface area contributed by atoms with Gasteiger partial charge in [-0.05, 0) is 29.2 Å². The summed E-state index contributed by atoms with van der Waals surface area (Å²) in [5.74, 6) is 0.322. The number of rotatable bonds is 6. The molecule has 1 aliphatic heterocycles. The Labute approximate surface area is 154 Å². The normalized spacial score (nSPS) is 14.2. The van der Waals surface area contributed by atoms with E-state index in [-0.39, 0.29) is 18.5 Å². The maximum Gasteiger partial charge on any atom is 0.325 e. The van der Waals surface area contributed by atoms with Crippen molar-refractivity contribution in [2.45, 2.75) is 26.3 Å². The van der Waals surface area contributed by atoms with Crippen molar-refractivity contribution >= 4 is 17.6 Å². The highest BCUT2D eigenvalue weighted by Gasteiger charge is 2.30. The van der Waals surface area contributed by atoms with Crippen LogP contribution in [0.3, 0.4) is 0 Å². The molecule has 0 spiro atoms. The summed E-state index contributed by atoms with van der Waals surface area (Å²) in [6, 6.07) is 17.7. The van der Waals surface area contributed by atoms with Crippen LogP contribution in [0, 0.1) is 0 Å². The molecule has 2 aromatic carbocycles. The molecule has 5 heteroatoms. The number of hydrogen-bond acceptors (Lipinski definition) is 2. The maximum atomic E-state index is 12.6. The summed E-state index contributed by atoms with van der Waals surface area (Å²) in [5.41, 5.74) is 3.17. The summed E-state index contributed by atoms with van der Waals surface area (Å²) >= 11 is 0. The fourth-order valence-corrected chi connectivity index (χ4v) is 3.03. The highest BCUT2D eigenvalue weighted by Crippen LogP contribution is 2.23. The Kier molecular flexibility index (Phi) is 5.56. The van der Waals surface area contributed by atoms with E-state index in [9.17, 15) is 9.59 Å². The average Bonchev–Trinajstić information content (AvgIpc) is 3.01. The summed E-state index contributed by atoms with van der Waals surface area (Å²) in [5, 5.41) is 2.87. The standard InChI is InChI=1S/C21H25N3O2/c1-16(2)18-8-10-19(11-9-18)24-13-12-23(21(24)26)15-20(25)22-14-17-6-4-3-5-7-17/h3-11,16H,12-15H2,1-2H3,(H,22,25). The fraction of sp³-hybridized carbons (Fsp3) is 0.333. The molecule has 1 N–H and O–H groups in total. The fourth-order valence-electron chi connectivity index (χ4n) is 3.03. The molecule has 0 atom stereocenters. The van der Waals surface area contributed by atoms with E-state index in [2.05, 4.69) is 31.3 Å². The van der Waals surface area contributed by atoms with E-state index in [0.717, 1.165) is 11.3 Å². The van der Waals surface area contributed by atoms with Gasteiger partial charge in [0, 0.05) is 25.3 Å². The van der Waals surface area contributed by atoms with E-state index in [1.807, 2.05) is 42.5 Å². The summed E-state index contributed by atoms with van der Waals surface area (Å²) < 4.78 is 0. The van der Waals surface area contributed by atoms with Crippen LogP contribution in [0.4, 0.5) is 10.5 Å². The van der Waals surface area contributed by atoms with Crippen LogP contribution in [-0.2, 0) is 11.3 Å². The second-order valence-corrected chi connectivity index (χ2v) is 6.86. The predicted octanol–water partition coefficient (Wildman–Crippen LogP) is 3.37. The predicted molar refractivity (Wildman–Crippen MR) is 103 cm³/mol. The lowest BCUT2D eigenvalue weighted by Crippen LogP contribution is -2.39. The smallest absolute Gasteiger partial charge is 0.325 e. The number of carbonyl (C=O) groups excluding carboxylic acids is 2. The zero-order chi connectivity index (χ0) is 18.5. The number of nitrogens with zero attached hydrogens (tertiary/aromatic N) is 2. The Morgan fingerprint density at radius 3 is 2.38 bits per heavy atom. The van der Waals surface area contributed by atoms with Crippen LogP contribution in [0.15, 0.2) is 54.6 Å². The number of nitrogens with one attached hydrogen (secondary N) is 1. The molecule has 26 heavy (non-hydrogen) atoms. The van der Waals surface area contributed by atoms with Gasteiger partial charge in [0.25, 0.3) is 0 Å². The van der Waals surface area contributed by atoms with Gasteiger partial charge in [0.15, 0.2) is 0 Å². The van der Waals surface area contributed by atoms with E-state index in [4.69, 9.17) is 0 Å². The number of anilines is 1. The van der Waals surface area contributed by atoms with Crippen LogP contribution < -0.4 is 10.2 Å². The Balaban J connectivity index is 1.54. The van der Waals surface area contributed by atoms with Crippen molar-refractivity contribution < 1.29 is 9.59 Å².